The number of anilines is 1. The van der Waals surface area contributed by atoms with Crippen LogP contribution in [0.4, 0.5) is 10.1 Å². The number of nitrogens with zero attached hydrogens (tertiary/aromatic N) is 2. The van der Waals surface area contributed by atoms with Crippen LogP contribution >= 0.6 is 0 Å². The normalized spacial score (nSPS) is 9.88. The number of carbonyl (C=O) groups is 1. The summed E-state index contributed by atoms with van der Waals surface area (Å²) in [6.07, 6.45) is 0. The van der Waals surface area contributed by atoms with E-state index in [4.69, 9.17) is 5.26 Å². The molecule has 0 aliphatic heterocycles. The molecule has 0 spiro atoms. The second-order valence-corrected chi connectivity index (χ2v) is 3.36. The average molecular weight is 221 g/mol. The van der Waals surface area contributed by atoms with Crippen molar-refractivity contribution < 1.29 is 9.18 Å². The van der Waals surface area contributed by atoms with Crippen LogP contribution in [0.5, 0.6) is 0 Å². The zero-order valence-corrected chi connectivity index (χ0v) is 8.90. The van der Waals surface area contributed by atoms with Crippen LogP contribution in [0.25, 0.3) is 0 Å². The van der Waals surface area contributed by atoms with Gasteiger partial charge in [0, 0.05) is 0 Å². The fourth-order valence-electron chi connectivity index (χ4n) is 1.17. The number of nitriles is 1. The molecule has 0 bridgehead atoms. The summed E-state index contributed by atoms with van der Waals surface area (Å²) in [6, 6.07) is 7.86. The van der Waals surface area contributed by atoms with Crippen molar-refractivity contribution in [2.75, 3.05) is 25.5 Å². The lowest BCUT2D eigenvalue weighted by molar-refractivity contribution is -0.116. The first-order valence-corrected chi connectivity index (χ1v) is 4.73. The van der Waals surface area contributed by atoms with Gasteiger partial charge in [0.05, 0.1) is 24.8 Å². The Morgan fingerprint density at radius 2 is 2.25 bits per heavy atom. The van der Waals surface area contributed by atoms with Gasteiger partial charge in [-0.1, -0.05) is 12.1 Å². The van der Waals surface area contributed by atoms with E-state index in [1.165, 1.54) is 17.0 Å². The smallest absolute Gasteiger partial charge is 0.238 e. The number of para-hydroxylation sites is 1. The van der Waals surface area contributed by atoms with Crippen LogP contribution < -0.4 is 5.32 Å². The van der Waals surface area contributed by atoms with Gasteiger partial charge in [-0.2, -0.15) is 5.26 Å². The Hall–Kier alpha value is -1.93. The van der Waals surface area contributed by atoms with Crippen molar-refractivity contribution in [1.29, 1.82) is 5.26 Å². The minimum Gasteiger partial charge on any atom is -0.322 e. The van der Waals surface area contributed by atoms with E-state index in [0.29, 0.717) is 0 Å². The molecule has 0 aliphatic rings. The molecule has 1 aromatic carbocycles. The van der Waals surface area contributed by atoms with Crippen molar-refractivity contribution in [1.82, 2.24) is 4.90 Å². The number of nitrogens with one attached hydrogen (secondary N) is 1. The van der Waals surface area contributed by atoms with Crippen LogP contribution in [0.15, 0.2) is 24.3 Å². The van der Waals surface area contributed by atoms with Gasteiger partial charge < -0.3 is 5.32 Å². The van der Waals surface area contributed by atoms with Gasteiger partial charge in [-0.3, -0.25) is 9.69 Å². The second kappa shape index (κ2) is 5.83. The summed E-state index contributed by atoms with van der Waals surface area (Å²) in [5.74, 6) is -0.818. The van der Waals surface area contributed by atoms with Gasteiger partial charge in [0.15, 0.2) is 0 Å². The van der Waals surface area contributed by atoms with E-state index in [9.17, 15) is 9.18 Å². The molecule has 1 rings (SSSR count). The standard InChI is InChI=1S/C11H12FN3O/c1-15(7-6-13)8-11(16)14-10-5-3-2-4-9(10)12/h2-5H,7-8H2,1H3,(H,14,16). The fraction of sp³-hybridized carbons (Fsp3) is 0.273. The molecule has 0 saturated heterocycles. The maximum Gasteiger partial charge on any atom is 0.238 e. The monoisotopic (exact) mass is 221 g/mol. The third kappa shape index (κ3) is 3.67. The lowest BCUT2D eigenvalue weighted by atomic mass is 10.3. The SMILES string of the molecule is CN(CC#N)CC(=O)Nc1ccccc1F. The summed E-state index contributed by atoms with van der Waals surface area (Å²) in [7, 11) is 1.64. The summed E-state index contributed by atoms with van der Waals surface area (Å²) < 4.78 is 13.2. The van der Waals surface area contributed by atoms with Gasteiger partial charge in [-0.15, -0.1) is 0 Å². The largest absolute Gasteiger partial charge is 0.322 e. The predicted molar refractivity (Wildman–Crippen MR) is 58.1 cm³/mol. The molecule has 0 saturated carbocycles. The maximum absolute atomic E-state index is 13.2. The van der Waals surface area contributed by atoms with E-state index in [2.05, 4.69) is 5.32 Å². The Bertz CT molecular complexity index is 414. The average Bonchev–Trinajstić information content (AvgIpc) is 2.21. The molecule has 4 nitrogen and oxygen atoms in total. The molecule has 1 amide bonds. The van der Waals surface area contributed by atoms with E-state index in [0.717, 1.165) is 0 Å². The number of carbonyl (C=O) groups excluding carboxylic acids is 1. The number of halogens is 1. The van der Waals surface area contributed by atoms with Gasteiger partial charge in [-0.25, -0.2) is 4.39 Å². The number of likely N-dealkylation sites (N-methyl/N-ethyl adjacent to an activating group) is 1. The van der Waals surface area contributed by atoms with Crippen LogP contribution in [0, 0.1) is 17.1 Å². The molecule has 0 aliphatic carbocycles. The van der Waals surface area contributed by atoms with Crippen LogP contribution in [0.3, 0.4) is 0 Å². The quantitative estimate of drug-likeness (QED) is 0.778. The number of benzene rings is 1. The van der Waals surface area contributed by atoms with Crippen LogP contribution in [-0.4, -0.2) is 30.9 Å². The maximum atomic E-state index is 13.2. The third-order valence-corrected chi connectivity index (χ3v) is 1.90. The van der Waals surface area contributed by atoms with Crippen LogP contribution in [-0.2, 0) is 4.79 Å². The molecule has 0 unspecified atom stereocenters. The van der Waals surface area contributed by atoms with Gasteiger partial charge in [-0.05, 0) is 19.2 Å². The predicted octanol–water partition coefficient (Wildman–Crippen LogP) is 1.22. The van der Waals surface area contributed by atoms with Gasteiger partial charge in [0.2, 0.25) is 5.91 Å². The molecular weight excluding hydrogens is 209 g/mol. The summed E-state index contributed by atoms with van der Waals surface area (Å²) in [5.41, 5.74) is 0.151. The number of hydrogen-bond acceptors (Lipinski definition) is 3. The minimum absolute atomic E-state index is 0.0574. The molecule has 0 atom stereocenters. The highest BCUT2D eigenvalue weighted by Gasteiger charge is 2.08. The summed E-state index contributed by atoms with van der Waals surface area (Å²) >= 11 is 0. The molecule has 1 N–H and O–H groups in total. The van der Waals surface area contributed by atoms with Gasteiger partial charge in [0.1, 0.15) is 5.82 Å². The molecule has 5 heteroatoms. The lowest BCUT2D eigenvalue weighted by Gasteiger charge is -2.12. The molecule has 1 aromatic rings. The number of amides is 1. The van der Waals surface area contributed by atoms with E-state index >= 15 is 0 Å². The van der Waals surface area contributed by atoms with Gasteiger partial charge in [0.25, 0.3) is 0 Å². The number of hydrogen-bond donors (Lipinski definition) is 1. The first-order chi connectivity index (χ1) is 7.63. The Morgan fingerprint density at radius 3 is 2.88 bits per heavy atom. The minimum atomic E-state index is -0.473. The third-order valence-electron chi connectivity index (χ3n) is 1.90. The van der Waals surface area contributed by atoms with Crippen molar-refractivity contribution in [3.63, 3.8) is 0 Å². The fourth-order valence-corrected chi connectivity index (χ4v) is 1.17. The van der Waals surface area contributed by atoms with Crippen LogP contribution in [0.2, 0.25) is 0 Å². The topological polar surface area (TPSA) is 56.1 Å². The zero-order valence-electron chi connectivity index (χ0n) is 8.90. The van der Waals surface area contributed by atoms with Crippen molar-refractivity contribution in [3.8, 4) is 6.07 Å². The number of rotatable bonds is 4. The summed E-state index contributed by atoms with van der Waals surface area (Å²) in [6.45, 7) is 0.215. The highest BCUT2D eigenvalue weighted by molar-refractivity contribution is 5.92. The van der Waals surface area contributed by atoms with E-state index < -0.39 is 5.82 Å². The lowest BCUT2D eigenvalue weighted by Crippen LogP contribution is -2.30. The van der Waals surface area contributed by atoms with Crippen LogP contribution in [0.1, 0.15) is 0 Å². The Kier molecular flexibility index (Phi) is 4.42. The van der Waals surface area contributed by atoms with E-state index in [1.807, 2.05) is 6.07 Å². The second-order valence-electron chi connectivity index (χ2n) is 3.36. The molecular formula is C11H12FN3O. The molecule has 0 aromatic heterocycles. The van der Waals surface area contributed by atoms with Crippen molar-refractivity contribution in [3.05, 3.63) is 30.1 Å². The van der Waals surface area contributed by atoms with Crippen molar-refractivity contribution >= 4 is 11.6 Å². The van der Waals surface area contributed by atoms with E-state index in [1.54, 1.807) is 19.2 Å². The Labute approximate surface area is 93.3 Å². The zero-order chi connectivity index (χ0) is 12.0. The Balaban J connectivity index is 2.53. The highest BCUT2D eigenvalue weighted by Crippen LogP contribution is 2.11. The van der Waals surface area contributed by atoms with Crippen molar-refractivity contribution in [2.24, 2.45) is 0 Å². The highest BCUT2D eigenvalue weighted by atomic mass is 19.1. The molecule has 84 valence electrons. The molecule has 0 fully saturated rings. The Morgan fingerprint density at radius 1 is 1.56 bits per heavy atom. The molecule has 0 heterocycles. The summed E-state index contributed by atoms with van der Waals surface area (Å²) in [5, 5.41) is 10.8. The molecule has 0 radical (unpaired) electrons. The molecule has 16 heavy (non-hydrogen) atoms. The first kappa shape index (κ1) is 12.1. The van der Waals surface area contributed by atoms with Crippen molar-refractivity contribution in [2.45, 2.75) is 0 Å². The van der Waals surface area contributed by atoms with Gasteiger partial charge >= 0.3 is 0 Å². The first-order valence-electron chi connectivity index (χ1n) is 4.73. The summed E-state index contributed by atoms with van der Waals surface area (Å²) in [4.78, 5) is 13.0. The van der Waals surface area contributed by atoms with E-state index in [-0.39, 0.29) is 24.7 Å².